The van der Waals surface area contributed by atoms with Crippen LogP contribution in [0.4, 0.5) is 4.79 Å². The molecule has 2 heterocycles. The fourth-order valence-electron chi connectivity index (χ4n) is 2.96. The molecule has 1 fully saturated rings. The molecule has 1 aromatic heterocycles. The summed E-state index contributed by atoms with van der Waals surface area (Å²) in [4.78, 5) is 21.2. The van der Waals surface area contributed by atoms with E-state index in [1.807, 2.05) is 25.7 Å². The van der Waals surface area contributed by atoms with Crippen LogP contribution in [0.2, 0.25) is 0 Å². The zero-order valence-electron chi connectivity index (χ0n) is 17.3. The summed E-state index contributed by atoms with van der Waals surface area (Å²) in [6.45, 7) is 13.8. The number of thiophene rings is 1. The lowest BCUT2D eigenvalue weighted by atomic mass is 9.97. The van der Waals surface area contributed by atoms with Gasteiger partial charge >= 0.3 is 6.09 Å². The highest BCUT2D eigenvalue weighted by Gasteiger charge is 2.26. The Balaban J connectivity index is 1.77. The summed E-state index contributed by atoms with van der Waals surface area (Å²) >= 11 is 1.79. The van der Waals surface area contributed by atoms with E-state index < -0.39 is 5.60 Å². The maximum absolute atomic E-state index is 12.2. The van der Waals surface area contributed by atoms with E-state index in [0.717, 1.165) is 45.0 Å². The van der Waals surface area contributed by atoms with E-state index in [4.69, 9.17) is 4.74 Å². The van der Waals surface area contributed by atoms with Gasteiger partial charge in [-0.05, 0) is 65.5 Å². The molecule has 1 amide bonds. The summed E-state index contributed by atoms with van der Waals surface area (Å²) in [6, 6.07) is 4.27. The monoisotopic (exact) mass is 394 g/mol. The molecule has 0 atom stereocenters. The maximum Gasteiger partial charge on any atom is 0.410 e. The molecule has 0 spiro atoms. The smallest absolute Gasteiger partial charge is 0.410 e. The van der Waals surface area contributed by atoms with E-state index >= 15 is 0 Å². The summed E-state index contributed by atoms with van der Waals surface area (Å²) in [7, 11) is 0. The quantitative estimate of drug-likeness (QED) is 0.589. The molecule has 2 rings (SSSR count). The highest BCUT2D eigenvalue weighted by Crippen LogP contribution is 2.19. The second-order valence-electron chi connectivity index (χ2n) is 8.00. The van der Waals surface area contributed by atoms with Gasteiger partial charge in [0.2, 0.25) is 0 Å². The van der Waals surface area contributed by atoms with E-state index in [-0.39, 0.29) is 6.09 Å². The second-order valence-corrected chi connectivity index (χ2v) is 9.37. The predicted octanol–water partition coefficient (Wildman–Crippen LogP) is 3.76. The third kappa shape index (κ3) is 7.79. The number of amides is 1. The van der Waals surface area contributed by atoms with Gasteiger partial charge in [-0.15, -0.1) is 11.3 Å². The van der Waals surface area contributed by atoms with Crippen LogP contribution in [-0.4, -0.2) is 48.7 Å². The molecule has 7 heteroatoms. The van der Waals surface area contributed by atoms with E-state index in [0.29, 0.717) is 12.5 Å². The largest absolute Gasteiger partial charge is 0.444 e. The van der Waals surface area contributed by atoms with E-state index in [1.165, 1.54) is 9.75 Å². The van der Waals surface area contributed by atoms with Gasteiger partial charge < -0.3 is 20.3 Å². The van der Waals surface area contributed by atoms with Gasteiger partial charge in [0, 0.05) is 35.9 Å². The Morgan fingerprint density at radius 2 is 2.00 bits per heavy atom. The fraction of sp³-hybridized carbons (Fsp3) is 0.700. The van der Waals surface area contributed by atoms with Crippen molar-refractivity contribution in [1.29, 1.82) is 0 Å². The first-order valence-corrected chi connectivity index (χ1v) is 10.6. The number of piperidine rings is 1. The van der Waals surface area contributed by atoms with Crippen molar-refractivity contribution in [1.82, 2.24) is 15.5 Å². The first kappa shape index (κ1) is 21.5. The number of hydrogen-bond acceptors (Lipinski definition) is 4. The summed E-state index contributed by atoms with van der Waals surface area (Å²) in [6.07, 6.45) is 1.76. The maximum atomic E-state index is 12.2. The van der Waals surface area contributed by atoms with Crippen LogP contribution < -0.4 is 10.6 Å². The molecule has 0 unspecified atom stereocenters. The van der Waals surface area contributed by atoms with Crippen molar-refractivity contribution in [2.24, 2.45) is 10.9 Å². The first-order chi connectivity index (χ1) is 12.8. The minimum absolute atomic E-state index is 0.199. The topological polar surface area (TPSA) is 66.0 Å². The Hall–Kier alpha value is -1.76. The highest BCUT2D eigenvalue weighted by molar-refractivity contribution is 7.11. The molecule has 0 aromatic carbocycles. The average molecular weight is 395 g/mol. The molecule has 27 heavy (non-hydrogen) atoms. The number of carbonyl (C=O) groups is 1. The third-order valence-corrected chi connectivity index (χ3v) is 5.34. The predicted molar refractivity (Wildman–Crippen MR) is 112 cm³/mol. The zero-order chi connectivity index (χ0) is 19.9. The molecule has 1 aromatic rings. The van der Waals surface area contributed by atoms with Crippen molar-refractivity contribution >= 4 is 23.4 Å². The van der Waals surface area contributed by atoms with Gasteiger partial charge in [-0.1, -0.05) is 0 Å². The third-order valence-electron chi connectivity index (χ3n) is 4.36. The second kappa shape index (κ2) is 9.97. The number of likely N-dealkylation sites (tertiary alicyclic amines) is 1. The van der Waals surface area contributed by atoms with Crippen molar-refractivity contribution in [3.63, 3.8) is 0 Å². The fourth-order valence-corrected chi connectivity index (χ4v) is 3.77. The Labute approximate surface area is 167 Å². The molecule has 6 nitrogen and oxygen atoms in total. The van der Waals surface area contributed by atoms with Crippen molar-refractivity contribution in [2.45, 2.75) is 59.6 Å². The number of carbonyl (C=O) groups excluding carboxylic acids is 1. The standard InChI is InChI=1S/C20H34N4O2S/c1-6-21-18(23-14-17-8-7-15(2)27-17)22-13-16-9-11-24(12-10-16)19(25)26-20(3,4)5/h7-8,16H,6,9-14H2,1-5H3,(H2,21,22,23). The minimum Gasteiger partial charge on any atom is -0.444 e. The molecular weight excluding hydrogens is 360 g/mol. The van der Waals surface area contributed by atoms with Crippen LogP contribution in [0, 0.1) is 12.8 Å². The number of guanidine groups is 1. The molecule has 0 radical (unpaired) electrons. The van der Waals surface area contributed by atoms with Crippen LogP contribution in [0.5, 0.6) is 0 Å². The van der Waals surface area contributed by atoms with Crippen LogP contribution in [-0.2, 0) is 11.3 Å². The Bertz CT molecular complexity index is 628. The van der Waals surface area contributed by atoms with Gasteiger partial charge in [0.25, 0.3) is 0 Å². The van der Waals surface area contributed by atoms with Gasteiger partial charge in [-0.3, -0.25) is 0 Å². The molecule has 0 saturated carbocycles. The molecule has 1 saturated heterocycles. The molecule has 2 N–H and O–H groups in total. The van der Waals surface area contributed by atoms with Crippen molar-refractivity contribution in [3.05, 3.63) is 21.9 Å². The molecule has 152 valence electrons. The molecular formula is C20H34N4O2S. The Morgan fingerprint density at radius 1 is 1.30 bits per heavy atom. The summed E-state index contributed by atoms with van der Waals surface area (Å²) in [5, 5.41) is 6.77. The van der Waals surface area contributed by atoms with Crippen molar-refractivity contribution in [3.8, 4) is 0 Å². The van der Waals surface area contributed by atoms with Crippen LogP contribution in [0.15, 0.2) is 17.1 Å². The Kier molecular flexibility index (Phi) is 7.95. The molecule has 0 bridgehead atoms. The lowest BCUT2D eigenvalue weighted by molar-refractivity contribution is 0.0185. The number of rotatable bonds is 5. The minimum atomic E-state index is -0.437. The van der Waals surface area contributed by atoms with Crippen LogP contribution in [0.1, 0.15) is 50.3 Å². The summed E-state index contributed by atoms with van der Waals surface area (Å²) in [5.74, 6) is 1.40. The van der Waals surface area contributed by atoms with Crippen molar-refractivity contribution in [2.75, 3.05) is 26.2 Å². The number of nitrogens with one attached hydrogen (secondary N) is 2. The normalized spacial score (nSPS) is 16.3. The lowest BCUT2D eigenvalue weighted by Crippen LogP contribution is -2.45. The van der Waals surface area contributed by atoms with Gasteiger partial charge in [0.05, 0.1) is 6.54 Å². The SMILES string of the molecule is CCNC(=NCc1ccc(C)s1)NCC1CCN(C(=O)OC(C)(C)C)CC1. The van der Waals surface area contributed by atoms with E-state index in [9.17, 15) is 4.79 Å². The zero-order valence-corrected chi connectivity index (χ0v) is 18.1. The number of aryl methyl sites for hydroxylation is 1. The Morgan fingerprint density at radius 3 is 2.56 bits per heavy atom. The molecule has 1 aliphatic rings. The number of nitrogens with zero attached hydrogens (tertiary/aromatic N) is 2. The molecule has 1 aliphatic heterocycles. The summed E-state index contributed by atoms with van der Waals surface area (Å²) < 4.78 is 5.46. The van der Waals surface area contributed by atoms with Gasteiger partial charge in [0.15, 0.2) is 5.96 Å². The number of ether oxygens (including phenoxy) is 1. The van der Waals surface area contributed by atoms with Gasteiger partial charge in [0.1, 0.15) is 5.60 Å². The van der Waals surface area contributed by atoms with Crippen LogP contribution >= 0.6 is 11.3 Å². The van der Waals surface area contributed by atoms with E-state index in [1.54, 1.807) is 11.3 Å². The first-order valence-electron chi connectivity index (χ1n) is 9.82. The summed E-state index contributed by atoms with van der Waals surface area (Å²) in [5.41, 5.74) is -0.437. The molecule has 0 aliphatic carbocycles. The number of aliphatic imine (C=N–C) groups is 1. The van der Waals surface area contributed by atoms with Crippen LogP contribution in [0.25, 0.3) is 0 Å². The van der Waals surface area contributed by atoms with Gasteiger partial charge in [-0.2, -0.15) is 0 Å². The van der Waals surface area contributed by atoms with E-state index in [2.05, 4.69) is 41.6 Å². The highest BCUT2D eigenvalue weighted by atomic mass is 32.1. The average Bonchev–Trinajstić information content (AvgIpc) is 3.01. The van der Waals surface area contributed by atoms with Crippen LogP contribution in [0.3, 0.4) is 0 Å². The number of hydrogen-bond donors (Lipinski definition) is 2. The lowest BCUT2D eigenvalue weighted by Gasteiger charge is -2.33. The van der Waals surface area contributed by atoms with Crippen molar-refractivity contribution < 1.29 is 9.53 Å². The van der Waals surface area contributed by atoms with Gasteiger partial charge in [-0.25, -0.2) is 9.79 Å².